The summed E-state index contributed by atoms with van der Waals surface area (Å²) in [7, 11) is 0. The first kappa shape index (κ1) is 8.69. The Kier molecular flexibility index (Phi) is 2.07. The van der Waals surface area contributed by atoms with Gasteiger partial charge in [0, 0.05) is 16.6 Å². The molecule has 1 aromatic heterocycles. The molecule has 0 bridgehead atoms. The average molecular weight is 241 g/mol. The first-order chi connectivity index (χ1) is 6.16. The highest BCUT2D eigenvalue weighted by Gasteiger charge is 2.22. The number of aromatic nitrogens is 1. The Morgan fingerprint density at radius 2 is 2.46 bits per heavy atom. The van der Waals surface area contributed by atoms with Crippen molar-refractivity contribution in [3.05, 3.63) is 22.3 Å². The minimum Gasteiger partial charge on any atom is -0.310 e. The van der Waals surface area contributed by atoms with Crippen LogP contribution in [-0.4, -0.2) is 10.9 Å². The zero-order chi connectivity index (χ0) is 9.42. The number of anilines is 1. The van der Waals surface area contributed by atoms with Gasteiger partial charge in [-0.3, -0.25) is 4.79 Å². The molecular weight excluding hydrogens is 232 g/mol. The molecule has 4 heteroatoms. The number of hydrogen-bond acceptors (Lipinski definition) is 2. The Morgan fingerprint density at radius 1 is 1.69 bits per heavy atom. The zero-order valence-corrected chi connectivity index (χ0v) is 8.76. The van der Waals surface area contributed by atoms with Gasteiger partial charge in [-0.25, -0.2) is 4.98 Å². The molecule has 1 aliphatic heterocycles. The third kappa shape index (κ3) is 1.58. The van der Waals surface area contributed by atoms with Gasteiger partial charge in [0.25, 0.3) is 0 Å². The van der Waals surface area contributed by atoms with E-state index in [0.29, 0.717) is 5.82 Å². The van der Waals surface area contributed by atoms with Crippen molar-refractivity contribution < 1.29 is 4.79 Å². The van der Waals surface area contributed by atoms with E-state index >= 15 is 0 Å². The molecular formula is C9H9BrN2O. The number of nitrogens with zero attached hydrogens (tertiary/aromatic N) is 1. The Hall–Kier alpha value is -0.900. The van der Waals surface area contributed by atoms with E-state index in [9.17, 15) is 4.79 Å². The maximum atomic E-state index is 11.3. The summed E-state index contributed by atoms with van der Waals surface area (Å²) in [6.45, 7) is 1.92. The number of carbonyl (C=O) groups excluding carboxylic acids is 1. The number of hydrogen-bond donors (Lipinski definition) is 1. The number of halogens is 1. The van der Waals surface area contributed by atoms with Crippen molar-refractivity contribution in [3.63, 3.8) is 0 Å². The van der Waals surface area contributed by atoms with Crippen molar-refractivity contribution in [1.82, 2.24) is 4.98 Å². The molecule has 0 aromatic carbocycles. The molecule has 1 amide bonds. The van der Waals surface area contributed by atoms with Crippen LogP contribution >= 0.6 is 15.9 Å². The van der Waals surface area contributed by atoms with Crippen LogP contribution in [0.4, 0.5) is 5.82 Å². The molecule has 2 heterocycles. The van der Waals surface area contributed by atoms with Crippen LogP contribution in [0, 0.1) is 5.92 Å². The Labute approximate surface area is 84.7 Å². The monoisotopic (exact) mass is 240 g/mol. The lowest BCUT2D eigenvalue weighted by molar-refractivity contribution is -0.119. The molecule has 1 atom stereocenters. The van der Waals surface area contributed by atoms with E-state index in [0.717, 1.165) is 16.5 Å². The number of carbonyl (C=O) groups is 1. The molecule has 68 valence electrons. The second-order valence-electron chi connectivity index (χ2n) is 3.26. The molecule has 1 N–H and O–H groups in total. The molecule has 3 nitrogen and oxygen atoms in total. The molecule has 13 heavy (non-hydrogen) atoms. The Balaban J connectivity index is 2.42. The van der Waals surface area contributed by atoms with E-state index < -0.39 is 0 Å². The van der Waals surface area contributed by atoms with Crippen LogP contribution < -0.4 is 5.32 Å². The summed E-state index contributed by atoms with van der Waals surface area (Å²) in [5.74, 6) is 0.803. The quantitative estimate of drug-likeness (QED) is 0.754. The second kappa shape index (κ2) is 3.10. The van der Waals surface area contributed by atoms with Gasteiger partial charge in [0.05, 0.1) is 0 Å². The summed E-state index contributed by atoms with van der Waals surface area (Å²) >= 11 is 3.35. The fourth-order valence-electron chi connectivity index (χ4n) is 1.41. The number of pyridine rings is 1. The molecule has 0 aliphatic carbocycles. The summed E-state index contributed by atoms with van der Waals surface area (Å²) in [4.78, 5) is 15.4. The van der Waals surface area contributed by atoms with Gasteiger partial charge in [0.1, 0.15) is 5.82 Å². The standard InChI is InChI=1S/C9H9BrN2O/c1-5-2-6-3-7(10)4-11-8(6)12-9(5)13/h3-5H,2H2,1H3,(H,11,12,13). The minimum atomic E-state index is 0.0450. The van der Waals surface area contributed by atoms with E-state index in [4.69, 9.17) is 0 Å². The molecule has 1 unspecified atom stereocenters. The fourth-order valence-corrected chi connectivity index (χ4v) is 1.79. The first-order valence-electron chi connectivity index (χ1n) is 4.12. The van der Waals surface area contributed by atoms with Gasteiger partial charge in [0.2, 0.25) is 5.91 Å². The van der Waals surface area contributed by atoms with Crippen LogP contribution in [0.5, 0.6) is 0 Å². The maximum Gasteiger partial charge on any atom is 0.228 e. The normalized spacial score (nSPS) is 20.8. The van der Waals surface area contributed by atoms with Crippen molar-refractivity contribution in [2.75, 3.05) is 5.32 Å². The summed E-state index contributed by atoms with van der Waals surface area (Å²) in [6.07, 6.45) is 2.46. The van der Waals surface area contributed by atoms with Crippen LogP contribution in [0.25, 0.3) is 0 Å². The highest BCUT2D eigenvalue weighted by atomic mass is 79.9. The number of nitrogens with one attached hydrogen (secondary N) is 1. The summed E-state index contributed by atoms with van der Waals surface area (Å²) < 4.78 is 0.953. The molecule has 1 aliphatic rings. The van der Waals surface area contributed by atoms with Crippen LogP contribution in [0.2, 0.25) is 0 Å². The second-order valence-corrected chi connectivity index (χ2v) is 4.17. The maximum absolute atomic E-state index is 11.3. The average Bonchev–Trinajstić information content (AvgIpc) is 2.08. The highest BCUT2D eigenvalue weighted by Crippen LogP contribution is 2.25. The molecule has 0 saturated carbocycles. The van der Waals surface area contributed by atoms with Gasteiger partial charge in [-0.1, -0.05) is 6.92 Å². The minimum absolute atomic E-state index is 0.0450. The molecule has 0 fully saturated rings. The van der Waals surface area contributed by atoms with E-state index in [1.54, 1.807) is 6.20 Å². The lowest BCUT2D eigenvalue weighted by Gasteiger charge is -2.20. The van der Waals surface area contributed by atoms with Crippen LogP contribution in [0.15, 0.2) is 16.7 Å². The van der Waals surface area contributed by atoms with Crippen molar-refractivity contribution in [1.29, 1.82) is 0 Å². The lowest BCUT2D eigenvalue weighted by Crippen LogP contribution is -2.28. The van der Waals surface area contributed by atoms with Crippen molar-refractivity contribution in [3.8, 4) is 0 Å². The van der Waals surface area contributed by atoms with E-state index in [1.165, 1.54) is 0 Å². The van der Waals surface area contributed by atoms with E-state index in [2.05, 4.69) is 26.2 Å². The van der Waals surface area contributed by atoms with Crippen molar-refractivity contribution >= 4 is 27.7 Å². The summed E-state index contributed by atoms with van der Waals surface area (Å²) in [6, 6.07) is 2.00. The van der Waals surface area contributed by atoms with E-state index in [-0.39, 0.29) is 11.8 Å². The van der Waals surface area contributed by atoms with Gasteiger partial charge in [-0.05, 0) is 34.0 Å². The zero-order valence-electron chi connectivity index (χ0n) is 7.17. The topological polar surface area (TPSA) is 42.0 Å². The number of amides is 1. The predicted octanol–water partition coefficient (Wildman–Crippen LogP) is 1.97. The van der Waals surface area contributed by atoms with Crippen LogP contribution in [0.3, 0.4) is 0 Å². The van der Waals surface area contributed by atoms with Crippen molar-refractivity contribution in [2.45, 2.75) is 13.3 Å². The van der Waals surface area contributed by atoms with Crippen LogP contribution in [0.1, 0.15) is 12.5 Å². The third-order valence-corrected chi connectivity index (χ3v) is 2.58. The van der Waals surface area contributed by atoms with Gasteiger partial charge in [0.15, 0.2) is 0 Å². The SMILES string of the molecule is CC1Cc2cc(Br)cnc2NC1=O. The smallest absolute Gasteiger partial charge is 0.228 e. The summed E-state index contributed by atoms with van der Waals surface area (Å²) in [5, 5.41) is 2.77. The van der Waals surface area contributed by atoms with Gasteiger partial charge >= 0.3 is 0 Å². The van der Waals surface area contributed by atoms with Gasteiger partial charge in [-0.2, -0.15) is 0 Å². The Morgan fingerprint density at radius 3 is 3.23 bits per heavy atom. The summed E-state index contributed by atoms with van der Waals surface area (Å²) in [5.41, 5.74) is 1.10. The fraction of sp³-hybridized carbons (Fsp3) is 0.333. The number of rotatable bonds is 0. The molecule has 0 spiro atoms. The van der Waals surface area contributed by atoms with Crippen LogP contribution in [-0.2, 0) is 11.2 Å². The number of fused-ring (bicyclic) bond motifs is 1. The largest absolute Gasteiger partial charge is 0.310 e. The molecule has 0 radical (unpaired) electrons. The first-order valence-corrected chi connectivity index (χ1v) is 4.91. The lowest BCUT2D eigenvalue weighted by atomic mass is 9.97. The van der Waals surface area contributed by atoms with E-state index in [1.807, 2.05) is 13.0 Å². The third-order valence-electron chi connectivity index (χ3n) is 2.15. The Bertz CT molecular complexity index is 365. The van der Waals surface area contributed by atoms with Gasteiger partial charge in [-0.15, -0.1) is 0 Å². The molecule has 0 saturated heterocycles. The highest BCUT2D eigenvalue weighted by molar-refractivity contribution is 9.10. The predicted molar refractivity (Wildman–Crippen MR) is 53.4 cm³/mol. The van der Waals surface area contributed by atoms with Crippen molar-refractivity contribution in [2.24, 2.45) is 5.92 Å². The molecule has 2 rings (SSSR count). The van der Waals surface area contributed by atoms with Gasteiger partial charge < -0.3 is 5.32 Å². The molecule has 1 aromatic rings.